The predicted molar refractivity (Wildman–Crippen MR) is 42.5 cm³/mol. The van der Waals surface area contributed by atoms with Gasteiger partial charge in [-0.2, -0.15) is 0 Å². The van der Waals surface area contributed by atoms with Gasteiger partial charge in [0.15, 0.2) is 0 Å². The van der Waals surface area contributed by atoms with E-state index in [1.807, 2.05) is 12.3 Å². The third kappa shape index (κ3) is 3.16. The smallest absolute Gasteiger partial charge is 0.0417 e. The summed E-state index contributed by atoms with van der Waals surface area (Å²) in [5, 5.41) is 0. The second-order valence-corrected chi connectivity index (χ2v) is 2.36. The Bertz CT molecular complexity index is 96.7. The Morgan fingerprint density at radius 2 is 2.50 bits per heavy atom. The molecule has 0 aliphatic rings. The number of hydrogen-bond acceptors (Lipinski definition) is 1. The molecular formula is C6H9ClS. The summed E-state index contributed by atoms with van der Waals surface area (Å²) in [5.41, 5.74) is 0. The second kappa shape index (κ2) is 5.26. The van der Waals surface area contributed by atoms with Gasteiger partial charge in [0, 0.05) is 10.8 Å². The van der Waals surface area contributed by atoms with E-state index in [0.717, 1.165) is 4.91 Å². The fourth-order valence-corrected chi connectivity index (χ4v) is 1.00. The molecule has 0 N–H and O–H groups in total. The summed E-state index contributed by atoms with van der Waals surface area (Å²) in [5.74, 6) is 0.572. The number of allylic oxidation sites excluding steroid dienone is 2. The Balaban J connectivity index is 3.66. The van der Waals surface area contributed by atoms with Crippen LogP contribution in [0.25, 0.3) is 0 Å². The molecule has 0 aliphatic carbocycles. The molecule has 0 saturated carbocycles. The molecule has 0 heterocycles. The first-order valence-electron chi connectivity index (χ1n) is 2.27. The molecule has 0 aliphatic heterocycles. The van der Waals surface area contributed by atoms with Crippen LogP contribution in [0.15, 0.2) is 23.6 Å². The summed E-state index contributed by atoms with van der Waals surface area (Å²) < 4.78 is 0. The van der Waals surface area contributed by atoms with E-state index >= 15 is 0 Å². The fraction of sp³-hybridized carbons (Fsp3) is 0.333. The molecular weight excluding hydrogens is 140 g/mol. The van der Waals surface area contributed by atoms with E-state index in [2.05, 4.69) is 6.58 Å². The lowest BCUT2D eigenvalue weighted by Gasteiger charge is -1.90. The molecule has 0 amide bonds. The quantitative estimate of drug-likeness (QED) is 0.438. The van der Waals surface area contributed by atoms with Crippen molar-refractivity contribution in [2.24, 2.45) is 0 Å². The molecule has 2 heteroatoms. The molecule has 0 atom stereocenters. The summed E-state index contributed by atoms with van der Waals surface area (Å²) in [4.78, 5) is 1.14. The number of alkyl halides is 1. The zero-order chi connectivity index (χ0) is 6.41. The van der Waals surface area contributed by atoms with Crippen molar-refractivity contribution in [2.75, 3.05) is 12.1 Å². The van der Waals surface area contributed by atoms with Gasteiger partial charge in [-0.3, -0.25) is 0 Å². The molecule has 0 bridgehead atoms. The third-order valence-electron chi connectivity index (χ3n) is 0.715. The third-order valence-corrected chi connectivity index (χ3v) is 1.67. The minimum atomic E-state index is 0.572. The molecule has 8 heavy (non-hydrogen) atoms. The minimum absolute atomic E-state index is 0.572. The van der Waals surface area contributed by atoms with Crippen LogP contribution in [0.5, 0.6) is 0 Å². The van der Waals surface area contributed by atoms with Gasteiger partial charge in [-0.25, -0.2) is 0 Å². The van der Waals surface area contributed by atoms with E-state index in [9.17, 15) is 0 Å². The molecule has 0 rings (SSSR count). The molecule has 0 aromatic heterocycles. The molecule has 0 saturated heterocycles. The van der Waals surface area contributed by atoms with Gasteiger partial charge in [-0.15, -0.1) is 23.4 Å². The summed E-state index contributed by atoms with van der Waals surface area (Å²) in [6.45, 7) is 3.60. The Hall–Kier alpha value is 0.120. The lowest BCUT2D eigenvalue weighted by molar-refractivity contribution is 1.72. The normalized spacial score (nSPS) is 11.5. The van der Waals surface area contributed by atoms with Crippen molar-refractivity contribution < 1.29 is 0 Å². The van der Waals surface area contributed by atoms with Gasteiger partial charge in [0.05, 0.1) is 0 Å². The van der Waals surface area contributed by atoms with E-state index in [4.69, 9.17) is 11.6 Å². The topological polar surface area (TPSA) is 0 Å². The summed E-state index contributed by atoms with van der Waals surface area (Å²) >= 11 is 7.07. The van der Waals surface area contributed by atoms with Crippen molar-refractivity contribution in [3.05, 3.63) is 23.6 Å². The summed E-state index contributed by atoms with van der Waals surface area (Å²) in [6, 6.07) is 0. The zero-order valence-electron chi connectivity index (χ0n) is 4.86. The highest BCUT2D eigenvalue weighted by atomic mass is 35.5. The van der Waals surface area contributed by atoms with Crippen LogP contribution in [0.1, 0.15) is 0 Å². The molecule has 0 fully saturated rings. The number of thioether (sulfide) groups is 1. The maximum atomic E-state index is 5.42. The highest BCUT2D eigenvalue weighted by molar-refractivity contribution is 8.02. The van der Waals surface area contributed by atoms with Crippen LogP contribution < -0.4 is 0 Å². The van der Waals surface area contributed by atoms with E-state index in [-0.39, 0.29) is 0 Å². The van der Waals surface area contributed by atoms with Gasteiger partial charge in [-0.1, -0.05) is 18.7 Å². The lowest BCUT2D eigenvalue weighted by atomic mass is 10.5. The van der Waals surface area contributed by atoms with Crippen LogP contribution in [-0.2, 0) is 0 Å². The van der Waals surface area contributed by atoms with E-state index in [1.54, 1.807) is 17.8 Å². The van der Waals surface area contributed by atoms with Gasteiger partial charge in [0.2, 0.25) is 0 Å². The maximum absolute atomic E-state index is 5.42. The van der Waals surface area contributed by atoms with Crippen LogP contribution in [0.3, 0.4) is 0 Å². The molecule has 0 unspecified atom stereocenters. The lowest BCUT2D eigenvalue weighted by Crippen LogP contribution is -1.67. The molecule has 46 valence electrons. The van der Waals surface area contributed by atoms with Crippen LogP contribution >= 0.6 is 23.4 Å². The average Bonchev–Trinajstić information content (AvgIpc) is 1.83. The Kier molecular flexibility index (Phi) is 5.34. The van der Waals surface area contributed by atoms with Gasteiger partial charge < -0.3 is 0 Å². The molecule has 0 aromatic carbocycles. The Labute approximate surface area is 59.6 Å². The highest BCUT2D eigenvalue weighted by Gasteiger charge is 1.82. The first-order chi connectivity index (χ1) is 3.85. The first kappa shape index (κ1) is 8.12. The van der Waals surface area contributed by atoms with E-state index in [0.29, 0.717) is 5.88 Å². The maximum Gasteiger partial charge on any atom is 0.0417 e. The number of halogens is 1. The van der Waals surface area contributed by atoms with Crippen molar-refractivity contribution in [1.29, 1.82) is 0 Å². The van der Waals surface area contributed by atoms with Crippen molar-refractivity contribution in [2.45, 2.75) is 0 Å². The number of hydrogen-bond donors (Lipinski definition) is 0. The number of rotatable bonds is 3. The van der Waals surface area contributed by atoms with Crippen molar-refractivity contribution in [1.82, 2.24) is 0 Å². The highest BCUT2D eigenvalue weighted by Crippen LogP contribution is 2.11. The van der Waals surface area contributed by atoms with Crippen molar-refractivity contribution in [3.8, 4) is 0 Å². The fourth-order valence-electron chi connectivity index (χ4n) is 0.326. The molecule has 0 nitrogen and oxygen atoms in total. The van der Waals surface area contributed by atoms with Crippen LogP contribution in [-0.4, -0.2) is 12.1 Å². The van der Waals surface area contributed by atoms with Gasteiger partial charge in [0.25, 0.3) is 0 Å². The second-order valence-electron chi connectivity index (χ2n) is 1.17. The summed E-state index contributed by atoms with van der Waals surface area (Å²) in [7, 11) is 0. The Morgan fingerprint density at radius 1 is 1.88 bits per heavy atom. The predicted octanol–water partition coefficient (Wildman–Crippen LogP) is 2.66. The van der Waals surface area contributed by atoms with Crippen molar-refractivity contribution in [3.63, 3.8) is 0 Å². The molecule has 0 spiro atoms. The molecule has 0 aromatic rings. The van der Waals surface area contributed by atoms with E-state index < -0.39 is 0 Å². The molecule has 0 radical (unpaired) electrons. The standard InChI is InChI=1S/C6H9ClS/c1-3-6(8-2)4-5-7/h3-4H,1,5H2,2H3/b6-4+. The minimum Gasteiger partial charge on any atom is -0.130 e. The van der Waals surface area contributed by atoms with Gasteiger partial charge in [-0.05, 0) is 6.26 Å². The zero-order valence-corrected chi connectivity index (χ0v) is 6.43. The first-order valence-corrected chi connectivity index (χ1v) is 4.03. The Morgan fingerprint density at radius 3 is 2.62 bits per heavy atom. The van der Waals surface area contributed by atoms with Crippen molar-refractivity contribution >= 4 is 23.4 Å². The average molecular weight is 149 g/mol. The van der Waals surface area contributed by atoms with Crippen LogP contribution in [0, 0.1) is 0 Å². The monoisotopic (exact) mass is 148 g/mol. The SMILES string of the molecule is C=C/C(=C\CCl)SC. The summed E-state index contributed by atoms with van der Waals surface area (Å²) in [6.07, 6.45) is 5.73. The largest absolute Gasteiger partial charge is 0.130 e. The van der Waals surface area contributed by atoms with Crippen LogP contribution in [0.2, 0.25) is 0 Å². The van der Waals surface area contributed by atoms with E-state index in [1.165, 1.54) is 0 Å². The van der Waals surface area contributed by atoms with Gasteiger partial charge in [0.1, 0.15) is 0 Å². The van der Waals surface area contributed by atoms with Gasteiger partial charge >= 0.3 is 0 Å². The van der Waals surface area contributed by atoms with Crippen LogP contribution in [0.4, 0.5) is 0 Å².